The van der Waals surface area contributed by atoms with Gasteiger partial charge in [-0.1, -0.05) is 52.4 Å². The van der Waals surface area contributed by atoms with Gasteiger partial charge < -0.3 is 0 Å². The second-order valence-electron chi connectivity index (χ2n) is 4.71. The predicted molar refractivity (Wildman–Crippen MR) is 76.9 cm³/mol. The first-order chi connectivity index (χ1) is 8.83. The van der Waals surface area contributed by atoms with E-state index in [0.717, 1.165) is 38.5 Å². The van der Waals surface area contributed by atoms with E-state index in [1.807, 2.05) is 13.8 Å². The molecule has 0 fully saturated rings. The molecule has 0 aliphatic carbocycles. The molecule has 0 saturated carbocycles. The smallest absolute Gasteiger partial charge is 0.198 e. The average Bonchev–Trinajstić information content (AvgIpc) is 2.29. The Hall–Kier alpha value is -0.140. The van der Waals surface area contributed by atoms with Gasteiger partial charge in [0.2, 0.25) is 0 Å². The molecule has 0 amide bonds. The van der Waals surface area contributed by atoms with Crippen LogP contribution in [0, 0.1) is 0 Å². The Labute approximate surface area is 118 Å². The van der Waals surface area contributed by atoms with Crippen LogP contribution in [0.25, 0.3) is 0 Å². The van der Waals surface area contributed by atoms with Crippen LogP contribution in [0.1, 0.15) is 65.2 Å². The monoisotopic (exact) mass is 314 g/mol. The lowest BCUT2D eigenvalue weighted by molar-refractivity contribution is 0.457. The zero-order chi connectivity index (χ0) is 14.8. The fourth-order valence-electron chi connectivity index (χ4n) is 1.64. The largest absolute Gasteiger partial charge is 0.281 e. The van der Waals surface area contributed by atoms with Gasteiger partial charge in [0.05, 0.1) is 11.5 Å². The maximum absolute atomic E-state index is 11.5. The van der Waals surface area contributed by atoms with E-state index in [-0.39, 0.29) is 11.5 Å². The van der Waals surface area contributed by atoms with Gasteiger partial charge in [-0.3, -0.25) is 0 Å². The van der Waals surface area contributed by atoms with Crippen LogP contribution < -0.4 is 0 Å². The number of unbranched alkanes of at least 4 members (excludes halogenated alkanes) is 6. The SMILES string of the molecule is CCCCCCS(=O)(=O)OS(=O)(=O)CCCCCC. The minimum atomic E-state index is -3.95. The Morgan fingerprint density at radius 2 is 1.00 bits per heavy atom. The van der Waals surface area contributed by atoms with Gasteiger partial charge in [-0.05, 0) is 12.8 Å². The van der Waals surface area contributed by atoms with Gasteiger partial charge in [0.25, 0.3) is 20.2 Å². The van der Waals surface area contributed by atoms with Gasteiger partial charge >= 0.3 is 0 Å². The first-order valence-corrected chi connectivity index (χ1v) is 10.1. The lowest BCUT2D eigenvalue weighted by Gasteiger charge is -2.06. The fraction of sp³-hybridized carbons (Fsp3) is 1.00. The van der Waals surface area contributed by atoms with E-state index in [1.165, 1.54) is 0 Å². The van der Waals surface area contributed by atoms with E-state index in [0.29, 0.717) is 12.8 Å². The van der Waals surface area contributed by atoms with Gasteiger partial charge in [-0.2, -0.15) is 16.8 Å². The lowest BCUT2D eigenvalue weighted by atomic mass is 10.2. The lowest BCUT2D eigenvalue weighted by Crippen LogP contribution is -2.19. The quantitative estimate of drug-likeness (QED) is 0.518. The predicted octanol–water partition coefficient (Wildman–Crippen LogP) is 2.82. The molecule has 0 saturated heterocycles. The number of hydrogen-bond donors (Lipinski definition) is 0. The van der Waals surface area contributed by atoms with Crippen molar-refractivity contribution in [1.29, 1.82) is 0 Å². The summed E-state index contributed by atoms with van der Waals surface area (Å²) in [4.78, 5) is 0. The molecule has 0 aromatic rings. The summed E-state index contributed by atoms with van der Waals surface area (Å²) in [6, 6.07) is 0. The Kier molecular flexibility index (Phi) is 9.64. The summed E-state index contributed by atoms with van der Waals surface area (Å²) in [5.74, 6) is -0.442. The topological polar surface area (TPSA) is 77.5 Å². The molecule has 0 spiro atoms. The van der Waals surface area contributed by atoms with Crippen LogP contribution in [0.15, 0.2) is 0 Å². The maximum atomic E-state index is 11.5. The summed E-state index contributed by atoms with van der Waals surface area (Å²) in [7, 11) is -7.90. The summed E-state index contributed by atoms with van der Waals surface area (Å²) >= 11 is 0. The van der Waals surface area contributed by atoms with Crippen molar-refractivity contribution in [3.05, 3.63) is 0 Å². The molecule has 0 N–H and O–H groups in total. The summed E-state index contributed by atoms with van der Waals surface area (Å²) in [5, 5.41) is 0. The Morgan fingerprint density at radius 1 is 0.632 bits per heavy atom. The Bertz CT molecular complexity index is 371. The van der Waals surface area contributed by atoms with Gasteiger partial charge in [0, 0.05) is 0 Å². The van der Waals surface area contributed by atoms with Crippen molar-refractivity contribution in [2.45, 2.75) is 65.2 Å². The van der Waals surface area contributed by atoms with E-state index >= 15 is 0 Å². The zero-order valence-electron chi connectivity index (χ0n) is 11.9. The molecule has 0 aliphatic rings. The van der Waals surface area contributed by atoms with Gasteiger partial charge in [-0.15, -0.1) is 3.63 Å². The molecule has 0 atom stereocenters. The summed E-state index contributed by atoms with van der Waals surface area (Å²) < 4.78 is 50.3. The molecule has 0 radical (unpaired) electrons. The molecule has 19 heavy (non-hydrogen) atoms. The third kappa shape index (κ3) is 11.4. The van der Waals surface area contributed by atoms with Crippen molar-refractivity contribution < 1.29 is 20.5 Å². The van der Waals surface area contributed by atoms with Crippen molar-refractivity contribution in [3.63, 3.8) is 0 Å². The summed E-state index contributed by atoms with van der Waals surface area (Å²) in [6.45, 7) is 4.04. The Morgan fingerprint density at radius 3 is 1.32 bits per heavy atom. The van der Waals surface area contributed by atoms with Crippen molar-refractivity contribution >= 4 is 20.2 Å². The minimum Gasteiger partial charge on any atom is -0.198 e. The first-order valence-electron chi connectivity index (χ1n) is 6.99. The maximum Gasteiger partial charge on any atom is 0.281 e. The van der Waals surface area contributed by atoms with Crippen molar-refractivity contribution in [2.75, 3.05) is 11.5 Å². The number of hydrogen-bond acceptors (Lipinski definition) is 5. The highest BCUT2D eigenvalue weighted by molar-refractivity contribution is 7.99. The van der Waals surface area contributed by atoms with Crippen molar-refractivity contribution in [1.82, 2.24) is 0 Å². The normalized spacial score (nSPS) is 12.7. The van der Waals surface area contributed by atoms with Crippen LogP contribution in [0.3, 0.4) is 0 Å². The van der Waals surface area contributed by atoms with E-state index in [4.69, 9.17) is 0 Å². The molecule has 0 rings (SSSR count). The standard InChI is InChI=1S/C12H26O5S2/c1-3-5-7-9-11-18(13,14)17-19(15,16)12-10-8-6-4-2/h3-12H2,1-2H3. The highest BCUT2D eigenvalue weighted by Gasteiger charge is 2.21. The molecule has 0 aromatic heterocycles. The molecule has 0 bridgehead atoms. The van der Waals surface area contributed by atoms with E-state index < -0.39 is 20.2 Å². The van der Waals surface area contributed by atoms with Gasteiger partial charge in [0.15, 0.2) is 0 Å². The first kappa shape index (κ1) is 18.9. The molecule has 0 heterocycles. The molecule has 5 nitrogen and oxygen atoms in total. The van der Waals surface area contributed by atoms with Gasteiger partial charge in [-0.25, -0.2) is 0 Å². The van der Waals surface area contributed by atoms with Crippen LogP contribution >= 0.6 is 0 Å². The van der Waals surface area contributed by atoms with Crippen molar-refractivity contribution in [3.8, 4) is 0 Å². The van der Waals surface area contributed by atoms with E-state index in [1.54, 1.807) is 0 Å². The fourth-order valence-corrected chi connectivity index (χ4v) is 4.56. The van der Waals surface area contributed by atoms with E-state index in [2.05, 4.69) is 3.63 Å². The van der Waals surface area contributed by atoms with E-state index in [9.17, 15) is 16.8 Å². The second-order valence-corrected chi connectivity index (χ2v) is 8.30. The highest BCUT2D eigenvalue weighted by Crippen LogP contribution is 2.10. The number of rotatable bonds is 12. The summed E-state index contributed by atoms with van der Waals surface area (Å²) in [5.41, 5.74) is 0. The molecule has 116 valence electrons. The van der Waals surface area contributed by atoms with Crippen LogP contribution in [0.4, 0.5) is 0 Å². The highest BCUT2D eigenvalue weighted by atomic mass is 32.3. The van der Waals surface area contributed by atoms with Crippen molar-refractivity contribution in [2.24, 2.45) is 0 Å². The molecule has 0 aromatic carbocycles. The third-order valence-corrected chi connectivity index (χ3v) is 5.94. The third-order valence-electron chi connectivity index (χ3n) is 2.70. The summed E-state index contributed by atoms with van der Waals surface area (Å²) in [6.07, 6.45) is 6.32. The van der Waals surface area contributed by atoms with Crippen LogP contribution in [0.2, 0.25) is 0 Å². The molecular formula is C12H26O5S2. The average molecular weight is 314 g/mol. The van der Waals surface area contributed by atoms with Crippen LogP contribution in [0.5, 0.6) is 0 Å². The molecule has 0 unspecified atom stereocenters. The minimum absolute atomic E-state index is 0.221. The van der Waals surface area contributed by atoms with Crippen LogP contribution in [-0.2, 0) is 23.9 Å². The second kappa shape index (κ2) is 9.72. The Balaban J connectivity index is 4.09. The molecular weight excluding hydrogens is 288 g/mol. The zero-order valence-corrected chi connectivity index (χ0v) is 13.6. The molecule has 0 aliphatic heterocycles. The van der Waals surface area contributed by atoms with Gasteiger partial charge in [0.1, 0.15) is 0 Å². The molecule has 7 heteroatoms. The van der Waals surface area contributed by atoms with Crippen LogP contribution in [-0.4, -0.2) is 28.3 Å².